The maximum absolute atomic E-state index is 12.9. The van der Waals surface area contributed by atoms with Gasteiger partial charge in [-0.05, 0) is 46.3 Å². The van der Waals surface area contributed by atoms with E-state index in [2.05, 4.69) is 31.5 Å². The van der Waals surface area contributed by atoms with E-state index in [1.807, 2.05) is 0 Å². The molecule has 1 heterocycles. The molecule has 8 heteroatoms. The van der Waals surface area contributed by atoms with E-state index in [1.54, 1.807) is 18.3 Å². The van der Waals surface area contributed by atoms with Crippen LogP contribution in [0.4, 0.5) is 10.2 Å². The van der Waals surface area contributed by atoms with Crippen LogP contribution < -0.4 is 10.6 Å². The van der Waals surface area contributed by atoms with Gasteiger partial charge in [0.1, 0.15) is 11.6 Å². The summed E-state index contributed by atoms with van der Waals surface area (Å²) in [4.78, 5) is 27.6. The average molecular weight is 401 g/mol. The highest BCUT2D eigenvalue weighted by atomic mass is 79.9. The van der Waals surface area contributed by atoms with E-state index in [-0.39, 0.29) is 29.5 Å². The highest BCUT2D eigenvalue weighted by molar-refractivity contribution is 9.10. The van der Waals surface area contributed by atoms with E-state index in [1.165, 1.54) is 6.07 Å². The van der Waals surface area contributed by atoms with E-state index >= 15 is 0 Å². The summed E-state index contributed by atoms with van der Waals surface area (Å²) in [6.07, 6.45) is 1.64. The van der Waals surface area contributed by atoms with Crippen molar-refractivity contribution in [2.24, 2.45) is 0 Å². The molecule has 0 bridgehead atoms. The first-order valence-electron chi connectivity index (χ1n) is 6.60. The van der Waals surface area contributed by atoms with Crippen LogP contribution in [0.15, 0.2) is 41.0 Å². The minimum atomic E-state index is -0.520. The van der Waals surface area contributed by atoms with Gasteiger partial charge in [0, 0.05) is 23.6 Å². The zero-order valence-corrected chi connectivity index (χ0v) is 14.1. The third-order valence-corrected chi connectivity index (χ3v) is 3.59. The molecule has 23 heavy (non-hydrogen) atoms. The molecule has 2 N–H and O–H groups in total. The minimum Gasteiger partial charge on any atom is -0.351 e. The molecule has 2 rings (SSSR count). The second kappa shape index (κ2) is 8.03. The Bertz CT molecular complexity index is 725. The van der Waals surface area contributed by atoms with Gasteiger partial charge in [0.25, 0.3) is 5.91 Å². The number of rotatable bonds is 5. The van der Waals surface area contributed by atoms with Crippen molar-refractivity contribution in [2.75, 3.05) is 11.9 Å². The average Bonchev–Trinajstić information content (AvgIpc) is 2.49. The normalized spacial score (nSPS) is 10.2. The van der Waals surface area contributed by atoms with E-state index in [0.29, 0.717) is 5.82 Å². The number of aromatic nitrogens is 1. The van der Waals surface area contributed by atoms with E-state index in [0.717, 1.165) is 16.6 Å². The number of halogens is 3. The van der Waals surface area contributed by atoms with Crippen LogP contribution >= 0.6 is 27.5 Å². The van der Waals surface area contributed by atoms with Crippen LogP contribution in [-0.2, 0) is 4.79 Å². The maximum atomic E-state index is 12.9. The molecular formula is C15H12BrClFN3O2. The molecule has 5 nitrogen and oxygen atoms in total. The lowest BCUT2D eigenvalue weighted by atomic mass is 10.2. The lowest BCUT2D eigenvalue weighted by molar-refractivity contribution is -0.116. The largest absolute Gasteiger partial charge is 0.351 e. The summed E-state index contributed by atoms with van der Waals surface area (Å²) in [6.45, 7) is 0.120. The van der Waals surface area contributed by atoms with Crippen LogP contribution in [0, 0.1) is 5.82 Å². The van der Waals surface area contributed by atoms with Gasteiger partial charge >= 0.3 is 0 Å². The van der Waals surface area contributed by atoms with Gasteiger partial charge in [0.05, 0.1) is 10.6 Å². The maximum Gasteiger partial charge on any atom is 0.252 e. The van der Waals surface area contributed by atoms with E-state index < -0.39 is 11.7 Å². The number of nitrogens with zero attached hydrogens (tertiary/aromatic N) is 1. The summed E-state index contributed by atoms with van der Waals surface area (Å²) in [5.74, 6) is -0.853. The van der Waals surface area contributed by atoms with Gasteiger partial charge < -0.3 is 10.6 Å². The van der Waals surface area contributed by atoms with Gasteiger partial charge in [-0.3, -0.25) is 9.59 Å². The Morgan fingerprint density at radius 2 is 2.04 bits per heavy atom. The highest BCUT2D eigenvalue weighted by Crippen LogP contribution is 2.17. The molecule has 120 valence electrons. The molecule has 2 aromatic rings. The minimum absolute atomic E-state index is 0.0195. The molecule has 0 unspecified atom stereocenters. The summed E-state index contributed by atoms with van der Waals surface area (Å²) in [7, 11) is 0. The molecule has 0 aliphatic rings. The predicted molar refractivity (Wildman–Crippen MR) is 88.9 cm³/mol. The van der Waals surface area contributed by atoms with E-state index in [4.69, 9.17) is 11.6 Å². The van der Waals surface area contributed by atoms with Crippen molar-refractivity contribution >= 4 is 45.2 Å². The summed E-state index contributed by atoms with van der Waals surface area (Å²) in [5.41, 5.74) is 0.156. The van der Waals surface area contributed by atoms with Crippen molar-refractivity contribution in [3.05, 3.63) is 57.4 Å². The van der Waals surface area contributed by atoms with Crippen molar-refractivity contribution in [3.8, 4) is 0 Å². The molecule has 0 saturated carbocycles. The van der Waals surface area contributed by atoms with Gasteiger partial charge in [-0.25, -0.2) is 9.37 Å². The number of pyridine rings is 1. The standard InChI is InChI=1S/C15H12BrClFN3O2/c16-9-1-4-13(20-8-9)21-14(22)5-6-19-15(23)11-3-2-10(18)7-12(11)17/h1-4,7-8H,5-6H2,(H,19,23)(H,20,21,22). The fourth-order valence-corrected chi connectivity index (χ4v) is 2.20. The van der Waals surface area contributed by atoms with Crippen molar-refractivity contribution in [3.63, 3.8) is 0 Å². The van der Waals surface area contributed by atoms with Crippen molar-refractivity contribution in [1.29, 1.82) is 0 Å². The first-order chi connectivity index (χ1) is 11.0. The SMILES string of the molecule is O=C(CCNC(=O)c1ccc(F)cc1Cl)Nc1ccc(Br)cn1. The third kappa shape index (κ3) is 5.30. The number of hydrogen-bond acceptors (Lipinski definition) is 3. The molecular weight excluding hydrogens is 389 g/mol. The number of benzene rings is 1. The Kier molecular flexibility index (Phi) is 6.06. The fraction of sp³-hybridized carbons (Fsp3) is 0.133. The van der Waals surface area contributed by atoms with Crippen LogP contribution in [0.5, 0.6) is 0 Å². The predicted octanol–water partition coefficient (Wildman–Crippen LogP) is 3.40. The Labute approximate surface area is 145 Å². The second-order valence-corrected chi connectivity index (χ2v) is 5.86. The van der Waals surface area contributed by atoms with Gasteiger partial charge in [-0.2, -0.15) is 0 Å². The monoisotopic (exact) mass is 399 g/mol. The van der Waals surface area contributed by atoms with Crippen LogP contribution in [0.2, 0.25) is 5.02 Å². The third-order valence-electron chi connectivity index (χ3n) is 2.81. The molecule has 0 saturated heterocycles. The zero-order valence-electron chi connectivity index (χ0n) is 11.8. The highest BCUT2D eigenvalue weighted by Gasteiger charge is 2.11. The number of carbonyl (C=O) groups is 2. The quantitative estimate of drug-likeness (QED) is 0.808. The van der Waals surface area contributed by atoms with Gasteiger partial charge in [0.15, 0.2) is 0 Å². The Morgan fingerprint density at radius 1 is 1.26 bits per heavy atom. The molecule has 0 spiro atoms. The smallest absolute Gasteiger partial charge is 0.252 e. The van der Waals surface area contributed by atoms with Crippen LogP contribution in [0.1, 0.15) is 16.8 Å². The van der Waals surface area contributed by atoms with Crippen molar-refractivity contribution in [2.45, 2.75) is 6.42 Å². The van der Waals surface area contributed by atoms with Crippen molar-refractivity contribution in [1.82, 2.24) is 10.3 Å². The molecule has 0 fully saturated rings. The molecule has 0 atom stereocenters. The molecule has 0 radical (unpaired) electrons. The molecule has 1 aromatic heterocycles. The van der Waals surface area contributed by atoms with E-state index in [9.17, 15) is 14.0 Å². The number of amides is 2. The first-order valence-corrected chi connectivity index (χ1v) is 7.77. The van der Waals surface area contributed by atoms with Gasteiger partial charge in [-0.1, -0.05) is 11.6 Å². The van der Waals surface area contributed by atoms with Crippen molar-refractivity contribution < 1.29 is 14.0 Å². The molecule has 0 aliphatic heterocycles. The second-order valence-electron chi connectivity index (χ2n) is 4.54. The molecule has 0 aliphatic carbocycles. The molecule has 2 amide bonds. The summed E-state index contributed by atoms with van der Waals surface area (Å²) >= 11 is 9.04. The number of nitrogens with one attached hydrogen (secondary N) is 2. The zero-order chi connectivity index (χ0) is 16.8. The first kappa shape index (κ1) is 17.4. The van der Waals surface area contributed by atoms with Gasteiger partial charge in [-0.15, -0.1) is 0 Å². The Morgan fingerprint density at radius 3 is 2.70 bits per heavy atom. The number of anilines is 1. The lowest BCUT2D eigenvalue weighted by Crippen LogP contribution is -2.28. The Balaban J connectivity index is 1.81. The van der Waals surface area contributed by atoms with Crippen LogP contribution in [0.25, 0.3) is 0 Å². The number of carbonyl (C=O) groups excluding carboxylic acids is 2. The lowest BCUT2D eigenvalue weighted by Gasteiger charge is -2.07. The fourth-order valence-electron chi connectivity index (χ4n) is 1.71. The molecule has 1 aromatic carbocycles. The topological polar surface area (TPSA) is 71.1 Å². The Hall–Kier alpha value is -1.99. The van der Waals surface area contributed by atoms with Crippen LogP contribution in [-0.4, -0.2) is 23.3 Å². The van der Waals surface area contributed by atoms with Crippen LogP contribution in [0.3, 0.4) is 0 Å². The summed E-state index contributed by atoms with van der Waals surface area (Å²) in [6, 6.07) is 6.90. The number of hydrogen-bond donors (Lipinski definition) is 2. The summed E-state index contributed by atoms with van der Waals surface area (Å²) < 4.78 is 13.7. The summed E-state index contributed by atoms with van der Waals surface area (Å²) in [5, 5.41) is 5.17. The van der Waals surface area contributed by atoms with Gasteiger partial charge in [0.2, 0.25) is 5.91 Å².